The van der Waals surface area contributed by atoms with Crippen LogP contribution in [0.2, 0.25) is 0 Å². The standard InChI is InChI=1S/C20H25FN4O/c1-2-9-22-20(24-11-8-17-4-3-12-26-17)23-10-7-15-14-25-19-13-16(21)5-6-18(15)19/h3-6,12-14,25H,2,7-11H2,1H3,(H2,22,23,24). The normalized spacial score (nSPS) is 11.8. The number of benzene rings is 1. The lowest BCUT2D eigenvalue weighted by molar-refractivity contribution is 0.506. The Hall–Kier alpha value is -2.76. The first-order valence-electron chi connectivity index (χ1n) is 9.06. The molecule has 2 aromatic heterocycles. The summed E-state index contributed by atoms with van der Waals surface area (Å²) in [6.45, 7) is 4.40. The summed E-state index contributed by atoms with van der Waals surface area (Å²) in [4.78, 5) is 7.69. The van der Waals surface area contributed by atoms with Gasteiger partial charge < -0.3 is 20.0 Å². The van der Waals surface area contributed by atoms with E-state index in [-0.39, 0.29) is 5.82 Å². The number of furan rings is 1. The Morgan fingerprint density at radius 2 is 2.04 bits per heavy atom. The second-order valence-corrected chi connectivity index (χ2v) is 6.17. The van der Waals surface area contributed by atoms with Gasteiger partial charge in [-0.15, -0.1) is 0 Å². The number of nitrogens with zero attached hydrogens (tertiary/aromatic N) is 1. The number of halogens is 1. The highest BCUT2D eigenvalue weighted by atomic mass is 19.1. The van der Waals surface area contributed by atoms with E-state index >= 15 is 0 Å². The van der Waals surface area contributed by atoms with Crippen LogP contribution in [-0.4, -0.2) is 30.6 Å². The molecule has 3 aromatic rings. The number of H-pyrrole nitrogens is 1. The zero-order valence-corrected chi connectivity index (χ0v) is 15.0. The molecular weight excluding hydrogens is 331 g/mol. The highest BCUT2D eigenvalue weighted by molar-refractivity contribution is 5.83. The topological polar surface area (TPSA) is 65.3 Å². The Morgan fingerprint density at radius 1 is 1.19 bits per heavy atom. The van der Waals surface area contributed by atoms with Crippen LogP contribution in [0, 0.1) is 5.82 Å². The van der Waals surface area contributed by atoms with Crippen LogP contribution < -0.4 is 10.6 Å². The molecule has 0 radical (unpaired) electrons. The average molecular weight is 356 g/mol. The lowest BCUT2D eigenvalue weighted by Gasteiger charge is -2.12. The van der Waals surface area contributed by atoms with Crippen LogP contribution in [0.4, 0.5) is 4.39 Å². The van der Waals surface area contributed by atoms with Crippen molar-refractivity contribution in [1.82, 2.24) is 15.6 Å². The summed E-state index contributed by atoms with van der Waals surface area (Å²) in [5.74, 6) is 1.54. The van der Waals surface area contributed by atoms with Gasteiger partial charge in [0.2, 0.25) is 0 Å². The maximum Gasteiger partial charge on any atom is 0.191 e. The molecule has 0 aliphatic carbocycles. The highest BCUT2D eigenvalue weighted by Crippen LogP contribution is 2.19. The smallest absolute Gasteiger partial charge is 0.191 e. The van der Waals surface area contributed by atoms with Gasteiger partial charge in [0, 0.05) is 43.2 Å². The molecule has 0 atom stereocenters. The second kappa shape index (κ2) is 9.08. The Morgan fingerprint density at radius 3 is 2.81 bits per heavy atom. The van der Waals surface area contributed by atoms with Gasteiger partial charge in [-0.25, -0.2) is 4.39 Å². The summed E-state index contributed by atoms with van der Waals surface area (Å²) in [6, 6.07) is 8.71. The van der Waals surface area contributed by atoms with E-state index in [4.69, 9.17) is 4.42 Å². The van der Waals surface area contributed by atoms with Gasteiger partial charge in [-0.05, 0) is 48.7 Å². The molecule has 0 unspecified atom stereocenters. The van der Waals surface area contributed by atoms with E-state index in [1.807, 2.05) is 24.4 Å². The van der Waals surface area contributed by atoms with Crippen LogP contribution in [0.15, 0.2) is 52.2 Å². The number of aromatic amines is 1. The van der Waals surface area contributed by atoms with Gasteiger partial charge >= 0.3 is 0 Å². The zero-order chi connectivity index (χ0) is 18.2. The average Bonchev–Trinajstić information content (AvgIpc) is 3.29. The van der Waals surface area contributed by atoms with Crippen LogP contribution >= 0.6 is 0 Å². The Kier molecular flexibility index (Phi) is 6.30. The number of aliphatic imine (C=N–C) groups is 1. The molecule has 138 valence electrons. The fraction of sp³-hybridized carbons (Fsp3) is 0.350. The molecule has 0 amide bonds. The number of guanidine groups is 1. The molecule has 0 saturated heterocycles. The molecule has 0 aliphatic rings. The van der Waals surface area contributed by atoms with Gasteiger partial charge in [-0.3, -0.25) is 4.99 Å². The van der Waals surface area contributed by atoms with Gasteiger partial charge in [-0.2, -0.15) is 0 Å². The molecule has 0 fully saturated rings. The fourth-order valence-electron chi connectivity index (χ4n) is 2.84. The van der Waals surface area contributed by atoms with Crippen LogP contribution in [0.25, 0.3) is 10.9 Å². The highest BCUT2D eigenvalue weighted by Gasteiger charge is 2.05. The van der Waals surface area contributed by atoms with Gasteiger partial charge in [0.1, 0.15) is 11.6 Å². The van der Waals surface area contributed by atoms with Crippen molar-refractivity contribution in [3.05, 3.63) is 59.9 Å². The van der Waals surface area contributed by atoms with Crippen molar-refractivity contribution >= 4 is 16.9 Å². The number of rotatable bonds is 8. The summed E-state index contributed by atoms with van der Waals surface area (Å²) in [6.07, 6.45) is 6.27. The van der Waals surface area contributed by atoms with Crippen molar-refractivity contribution in [3.63, 3.8) is 0 Å². The minimum absolute atomic E-state index is 0.223. The molecule has 3 N–H and O–H groups in total. The van der Waals surface area contributed by atoms with Crippen molar-refractivity contribution in [3.8, 4) is 0 Å². The second-order valence-electron chi connectivity index (χ2n) is 6.17. The predicted molar refractivity (Wildman–Crippen MR) is 103 cm³/mol. The van der Waals surface area contributed by atoms with Crippen molar-refractivity contribution in [2.75, 3.05) is 19.6 Å². The predicted octanol–water partition coefficient (Wildman–Crippen LogP) is 3.63. The van der Waals surface area contributed by atoms with E-state index in [9.17, 15) is 4.39 Å². The Labute approximate surface area is 152 Å². The molecule has 5 nitrogen and oxygen atoms in total. The summed E-state index contributed by atoms with van der Waals surface area (Å²) >= 11 is 0. The molecule has 0 aliphatic heterocycles. The molecule has 26 heavy (non-hydrogen) atoms. The van der Waals surface area contributed by atoms with E-state index < -0.39 is 0 Å². The third-order valence-electron chi connectivity index (χ3n) is 4.15. The molecule has 6 heteroatoms. The zero-order valence-electron chi connectivity index (χ0n) is 15.0. The van der Waals surface area contributed by atoms with E-state index in [0.717, 1.165) is 67.1 Å². The van der Waals surface area contributed by atoms with Gasteiger partial charge in [0.05, 0.1) is 6.26 Å². The maximum absolute atomic E-state index is 13.3. The Bertz CT molecular complexity index is 839. The lowest BCUT2D eigenvalue weighted by atomic mass is 10.1. The SMILES string of the molecule is CCCN=C(NCCc1ccco1)NCCc1c[nH]c2cc(F)ccc12. The van der Waals surface area contributed by atoms with Crippen molar-refractivity contribution < 1.29 is 8.81 Å². The largest absolute Gasteiger partial charge is 0.469 e. The van der Waals surface area contributed by atoms with Crippen molar-refractivity contribution in [1.29, 1.82) is 0 Å². The summed E-state index contributed by atoms with van der Waals surface area (Å²) in [5.41, 5.74) is 1.99. The van der Waals surface area contributed by atoms with Gasteiger partial charge in [0.15, 0.2) is 5.96 Å². The first-order valence-corrected chi connectivity index (χ1v) is 9.06. The van der Waals surface area contributed by atoms with Crippen LogP contribution in [0.1, 0.15) is 24.7 Å². The summed E-state index contributed by atoms with van der Waals surface area (Å²) in [7, 11) is 0. The van der Waals surface area contributed by atoms with Crippen LogP contribution in [-0.2, 0) is 12.8 Å². The van der Waals surface area contributed by atoms with E-state index in [1.165, 1.54) is 12.1 Å². The summed E-state index contributed by atoms with van der Waals surface area (Å²) < 4.78 is 18.6. The van der Waals surface area contributed by atoms with Gasteiger partial charge in [0.25, 0.3) is 0 Å². The molecule has 0 saturated carbocycles. The number of fused-ring (bicyclic) bond motifs is 1. The number of hydrogen-bond donors (Lipinski definition) is 3. The first kappa shape index (κ1) is 18.0. The van der Waals surface area contributed by atoms with E-state index in [1.54, 1.807) is 6.26 Å². The Balaban J connectivity index is 1.51. The van der Waals surface area contributed by atoms with Crippen molar-refractivity contribution in [2.24, 2.45) is 4.99 Å². The lowest BCUT2D eigenvalue weighted by Crippen LogP contribution is -2.39. The molecule has 0 spiro atoms. The fourth-order valence-corrected chi connectivity index (χ4v) is 2.84. The quantitative estimate of drug-likeness (QED) is 0.426. The third-order valence-corrected chi connectivity index (χ3v) is 4.15. The maximum atomic E-state index is 13.3. The minimum Gasteiger partial charge on any atom is -0.469 e. The molecular formula is C20H25FN4O. The molecule has 2 heterocycles. The first-order chi connectivity index (χ1) is 12.8. The van der Waals surface area contributed by atoms with Gasteiger partial charge in [-0.1, -0.05) is 6.92 Å². The summed E-state index contributed by atoms with van der Waals surface area (Å²) in [5, 5.41) is 7.77. The third kappa shape index (κ3) is 4.88. The number of nitrogens with one attached hydrogen (secondary N) is 3. The molecule has 3 rings (SSSR count). The number of aromatic nitrogens is 1. The minimum atomic E-state index is -0.223. The molecule has 0 bridgehead atoms. The van der Waals surface area contributed by atoms with E-state index in [2.05, 4.69) is 27.5 Å². The van der Waals surface area contributed by atoms with Crippen LogP contribution in [0.5, 0.6) is 0 Å². The van der Waals surface area contributed by atoms with Crippen LogP contribution in [0.3, 0.4) is 0 Å². The number of hydrogen-bond acceptors (Lipinski definition) is 2. The monoisotopic (exact) mass is 356 g/mol. The molecule has 1 aromatic carbocycles. The van der Waals surface area contributed by atoms with Crippen molar-refractivity contribution in [2.45, 2.75) is 26.2 Å². The van der Waals surface area contributed by atoms with E-state index in [0.29, 0.717) is 0 Å².